The van der Waals surface area contributed by atoms with E-state index >= 15 is 0 Å². The summed E-state index contributed by atoms with van der Waals surface area (Å²) in [4.78, 5) is 26.2. The van der Waals surface area contributed by atoms with E-state index in [2.05, 4.69) is 10.3 Å². The highest BCUT2D eigenvalue weighted by Crippen LogP contribution is 2.23. The van der Waals surface area contributed by atoms with Crippen LogP contribution in [-0.4, -0.2) is 22.7 Å². The molecule has 1 amide bonds. The maximum absolute atomic E-state index is 13.5. The van der Waals surface area contributed by atoms with Crippen LogP contribution in [0.25, 0.3) is 10.9 Å². The zero-order valence-electron chi connectivity index (χ0n) is 10.4. The van der Waals surface area contributed by atoms with E-state index in [9.17, 15) is 14.0 Å². The fourth-order valence-corrected chi connectivity index (χ4v) is 2.51. The van der Waals surface area contributed by atoms with E-state index in [1.165, 1.54) is 6.07 Å². The lowest BCUT2D eigenvalue weighted by molar-refractivity contribution is -0.127. The normalized spacial score (nSPS) is 23.1. The van der Waals surface area contributed by atoms with Crippen molar-refractivity contribution < 1.29 is 14.0 Å². The predicted molar refractivity (Wildman–Crippen MR) is 68.1 cm³/mol. The highest BCUT2D eigenvalue weighted by atomic mass is 18.2. The molecule has 1 saturated heterocycles. The Balaban J connectivity index is 1.93. The molecule has 4 nitrogen and oxygen atoms in total. The van der Waals surface area contributed by atoms with Crippen LogP contribution in [0.5, 0.6) is 0 Å². The Hall–Kier alpha value is -2.17. The van der Waals surface area contributed by atoms with E-state index in [-0.39, 0.29) is 17.5 Å². The molecule has 3 rings (SSSR count). The molecule has 0 radical (unpaired) electrons. The Kier molecular flexibility index (Phi) is 2.62. The molecule has 1 fully saturated rings. The summed E-state index contributed by atoms with van der Waals surface area (Å²) in [6, 6.07) is 4.30. The molecule has 2 aromatic rings. The number of carbonyl (C=O) groups excluding carboxylic acids is 2. The van der Waals surface area contributed by atoms with Gasteiger partial charge in [-0.15, -0.1) is 0 Å². The summed E-state index contributed by atoms with van der Waals surface area (Å²) in [5, 5.41) is 3.43. The average Bonchev–Trinajstić information content (AvgIpc) is 2.90. The zero-order chi connectivity index (χ0) is 13.6. The van der Waals surface area contributed by atoms with Crippen LogP contribution in [0.15, 0.2) is 24.4 Å². The van der Waals surface area contributed by atoms with Crippen LogP contribution in [0.3, 0.4) is 0 Å². The number of nitrogens with one attached hydrogen (secondary N) is 2. The van der Waals surface area contributed by atoms with Crippen molar-refractivity contribution in [2.24, 2.45) is 5.92 Å². The first-order chi connectivity index (χ1) is 9.08. The molecule has 1 aliphatic rings. The van der Waals surface area contributed by atoms with Crippen molar-refractivity contribution in [1.82, 2.24) is 10.3 Å². The van der Waals surface area contributed by atoms with Gasteiger partial charge in [0.15, 0.2) is 5.78 Å². The number of Topliss-reactive ketones (excluding diaryl/α,β-unsaturated/α-hetero) is 1. The first-order valence-electron chi connectivity index (χ1n) is 6.16. The minimum absolute atomic E-state index is 0.101. The second kappa shape index (κ2) is 4.19. The molecule has 0 saturated carbocycles. The maximum Gasteiger partial charge on any atom is 0.230 e. The number of aromatic nitrogens is 1. The first-order valence-corrected chi connectivity index (χ1v) is 6.16. The van der Waals surface area contributed by atoms with Gasteiger partial charge in [0.2, 0.25) is 5.91 Å². The van der Waals surface area contributed by atoms with E-state index in [0.717, 1.165) is 10.9 Å². The zero-order valence-corrected chi connectivity index (χ0v) is 10.4. The molecule has 2 N–H and O–H groups in total. The van der Waals surface area contributed by atoms with Gasteiger partial charge in [-0.25, -0.2) is 4.39 Å². The van der Waals surface area contributed by atoms with Crippen molar-refractivity contribution in [3.05, 3.63) is 35.8 Å². The summed E-state index contributed by atoms with van der Waals surface area (Å²) in [5.41, 5.74) is 1.27. The second-order valence-corrected chi connectivity index (χ2v) is 4.87. The summed E-state index contributed by atoms with van der Waals surface area (Å²) in [5.74, 6) is -1.25. The summed E-state index contributed by atoms with van der Waals surface area (Å²) in [6.07, 6.45) is 2.08. The third-order valence-electron chi connectivity index (χ3n) is 3.65. The van der Waals surface area contributed by atoms with E-state index in [1.54, 1.807) is 25.3 Å². The van der Waals surface area contributed by atoms with Crippen LogP contribution in [0.1, 0.15) is 12.5 Å². The number of amides is 1. The summed E-state index contributed by atoms with van der Waals surface area (Å²) in [7, 11) is 0. The fourth-order valence-electron chi connectivity index (χ4n) is 2.51. The Morgan fingerprint density at radius 1 is 1.32 bits per heavy atom. The standard InChI is InChI=1S/C14H13FN2O2/c1-7-13(18)11(17-14(7)19)5-8-6-16-12-9(8)3-2-4-10(12)15/h2-4,6-7,11,16H,5H2,1H3,(H,17,19)/i15-1. The molecular weight excluding hydrogens is 246 g/mol. The van der Waals surface area contributed by atoms with E-state index in [1.807, 2.05) is 0 Å². The van der Waals surface area contributed by atoms with Crippen LogP contribution in [0.4, 0.5) is 4.39 Å². The number of benzene rings is 1. The fraction of sp³-hybridized carbons (Fsp3) is 0.286. The number of hydrogen-bond donors (Lipinski definition) is 2. The van der Waals surface area contributed by atoms with Crippen molar-refractivity contribution in [3.8, 4) is 0 Å². The van der Waals surface area contributed by atoms with Gasteiger partial charge in [0, 0.05) is 18.0 Å². The molecule has 0 aliphatic carbocycles. The van der Waals surface area contributed by atoms with Gasteiger partial charge in [-0.1, -0.05) is 12.1 Å². The highest BCUT2D eigenvalue weighted by molar-refractivity contribution is 6.10. The van der Waals surface area contributed by atoms with Crippen molar-refractivity contribution in [2.45, 2.75) is 19.4 Å². The maximum atomic E-state index is 13.5. The lowest BCUT2D eigenvalue weighted by atomic mass is 9.99. The van der Waals surface area contributed by atoms with Gasteiger partial charge in [0.1, 0.15) is 5.82 Å². The molecule has 1 aromatic heterocycles. The second-order valence-electron chi connectivity index (χ2n) is 4.87. The number of fused-ring (bicyclic) bond motifs is 1. The number of ketones is 1. The Morgan fingerprint density at radius 2 is 2.11 bits per heavy atom. The van der Waals surface area contributed by atoms with E-state index in [0.29, 0.717) is 11.9 Å². The highest BCUT2D eigenvalue weighted by Gasteiger charge is 2.37. The predicted octanol–water partition coefficient (Wildman–Crippen LogP) is 1.55. The van der Waals surface area contributed by atoms with Gasteiger partial charge in [-0.2, -0.15) is 0 Å². The molecule has 0 bridgehead atoms. The number of aromatic amines is 1. The minimum Gasteiger partial charge on any atom is -0.359 e. The number of carbonyl (C=O) groups is 2. The molecular formula is C14H13FN2O2. The van der Waals surface area contributed by atoms with E-state index in [4.69, 9.17) is 0 Å². The summed E-state index contributed by atoms with van der Waals surface area (Å²) in [6.45, 7) is 1.60. The molecule has 98 valence electrons. The van der Waals surface area contributed by atoms with Crippen molar-refractivity contribution in [1.29, 1.82) is 0 Å². The Labute approximate surface area is 109 Å². The number of para-hydroxylation sites is 1. The van der Waals surface area contributed by atoms with Crippen LogP contribution >= 0.6 is 0 Å². The number of rotatable bonds is 2. The third-order valence-corrected chi connectivity index (χ3v) is 3.65. The van der Waals surface area contributed by atoms with Crippen LogP contribution < -0.4 is 5.32 Å². The topological polar surface area (TPSA) is 62.0 Å². The Morgan fingerprint density at radius 3 is 2.79 bits per heavy atom. The van der Waals surface area contributed by atoms with Gasteiger partial charge < -0.3 is 10.3 Å². The van der Waals surface area contributed by atoms with Crippen molar-refractivity contribution in [2.75, 3.05) is 0 Å². The van der Waals surface area contributed by atoms with Gasteiger partial charge in [-0.3, -0.25) is 9.59 Å². The average molecular weight is 259 g/mol. The summed E-state index contributed by atoms with van der Waals surface area (Å²) < 4.78 is 13.5. The third kappa shape index (κ3) is 1.82. The molecule has 0 spiro atoms. The molecule has 1 aliphatic heterocycles. The van der Waals surface area contributed by atoms with Gasteiger partial charge in [0.25, 0.3) is 0 Å². The smallest absolute Gasteiger partial charge is 0.230 e. The lowest BCUT2D eigenvalue weighted by Crippen LogP contribution is -2.31. The monoisotopic (exact) mass is 259 g/mol. The number of halogens is 1. The number of H-pyrrole nitrogens is 1. The van der Waals surface area contributed by atoms with Crippen LogP contribution in [0, 0.1) is 11.7 Å². The number of hydrogen-bond acceptors (Lipinski definition) is 2. The van der Waals surface area contributed by atoms with Crippen molar-refractivity contribution in [3.63, 3.8) is 0 Å². The lowest BCUT2D eigenvalue weighted by Gasteiger charge is -2.07. The van der Waals surface area contributed by atoms with Crippen LogP contribution in [0.2, 0.25) is 0 Å². The minimum atomic E-state index is -0.591. The molecule has 2 atom stereocenters. The van der Waals surface area contributed by atoms with Crippen LogP contribution in [-0.2, 0) is 16.0 Å². The molecule has 1 aromatic carbocycles. The summed E-state index contributed by atoms with van der Waals surface area (Å²) >= 11 is 0. The van der Waals surface area contributed by atoms with E-state index < -0.39 is 12.0 Å². The first kappa shape index (κ1) is 11.9. The molecule has 2 unspecified atom stereocenters. The van der Waals surface area contributed by atoms with Crippen molar-refractivity contribution >= 4 is 22.6 Å². The molecule has 2 heterocycles. The Bertz CT molecular complexity index is 677. The SMILES string of the molecule is CC1C(=O)NC(Cc2c[nH]c3c([18F])cccc23)C1=O. The van der Waals surface area contributed by atoms with Gasteiger partial charge in [-0.05, 0) is 18.6 Å². The quantitative estimate of drug-likeness (QED) is 0.804. The molecule has 19 heavy (non-hydrogen) atoms. The largest absolute Gasteiger partial charge is 0.359 e. The molecule has 5 heteroatoms. The van der Waals surface area contributed by atoms with Gasteiger partial charge >= 0.3 is 0 Å². The van der Waals surface area contributed by atoms with Gasteiger partial charge in [0.05, 0.1) is 17.5 Å².